The molecule has 0 aliphatic carbocycles. The van der Waals surface area contributed by atoms with Crippen molar-refractivity contribution in [3.05, 3.63) is 54.1 Å². The molecule has 1 fully saturated rings. The molecule has 25 heavy (non-hydrogen) atoms. The molecule has 1 aliphatic rings. The molecule has 2 aromatic rings. The Bertz CT molecular complexity index is 723. The summed E-state index contributed by atoms with van der Waals surface area (Å²) in [7, 11) is 0. The number of benzene rings is 1. The van der Waals surface area contributed by atoms with Crippen LogP contribution in [-0.4, -0.2) is 46.7 Å². The summed E-state index contributed by atoms with van der Waals surface area (Å²) in [6.45, 7) is 0.816. The molecule has 7 heteroatoms. The summed E-state index contributed by atoms with van der Waals surface area (Å²) < 4.78 is 24.6. The predicted molar refractivity (Wildman–Crippen MR) is 87.7 cm³/mol. The van der Waals surface area contributed by atoms with Gasteiger partial charge in [0.1, 0.15) is 11.9 Å². The van der Waals surface area contributed by atoms with E-state index in [1.165, 1.54) is 12.3 Å². The van der Waals surface area contributed by atoms with Crippen LogP contribution in [0, 0.1) is 5.95 Å². The van der Waals surface area contributed by atoms with E-state index in [0.717, 1.165) is 5.56 Å². The lowest BCUT2D eigenvalue weighted by atomic mass is 10.2. The topological polar surface area (TPSA) is 71.9 Å². The summed E-state index contributed by atoms with van der Waals surface area (Å²) in [6.07, 6.45) is 1.73. The quantitative estimate of drug-likeness (QED) is 0.807. The van der Waals surface area contributed by atoms with E-state index < -0.39 is 5.95 Å². The van der Waals surface area contributed by atoms with Crippen molar-refractivity contribution in [2.75, 3.05) is 19.7 Å². The number of pyridine rings is 1. The molecule has 1 aliphatic heterocycles. The highest BCUT2D eigenvalue weighted by Gasteiger charge is 2.28. The number of nitrogens with zero attached hydrogens (tertiary/aromatic N) is 2. The molecule has 1 amide bonds. The van der Waals surface area contributed by atoms with Crippen molar-refractivity contribution in [3.63, 3.8) is 0 Å². The van der Waals surface area contributed by atoms with Gasteiger partial charge in [-0.1, -0.05) is 12.1 Å². The van der Waals surface area contributed by atoms with E-state index >= 15 is 0 Å². The van der Waals surface area contributed by atoms with Crippen LogP contribution >= 0.6 is 0 Å². The molecule has 1 aromatic carbocycles. The summed E-state index contributed by atoms with van der Waals surface area (Å²) >= 11 is 0. The Morgan fingerprint density at radius 2 is 2.12 bits per heavy atom. The third kappa shape index (κ3) is 4.45. The number of hydrogen-bond donors (Lipinski definition) is 1. The van der Waals surface area contributed by atoms with Crippen LogP contribution in [0.1, 0.15) is 12.0 Å². The summed E-state index contributed by atoms with van der Waals surface area (Å²) in [4.78, 5) is 17.4. The highest BCUT2D eigenvalue weighted by Crippen LogP contribution is 2.20. The van der Waals surface area contributed by atoms with E-state index in [-0.39, 0.29) is 31.0 Å². The second-order valence-corrected chi connectivity index (χ2v) is 5.75. The Kier molecular flexibility index (Phi) is 5.45. The zero-order valence-corrected chi connectivity index (χ0v) is 13.6. The van der Waals surface area contributed by atoms with E-state index in [0.29, 0.717) is 25.3 Å². The first kappa shape index (κ1) is 17.2. The second kappa shape index (κ2) is 7.94. The van der Waals surface area contributed by atoms with Crippen LogP contribution < -0.4 is 9.47 Å². The number of aliphatic hydroxyl groups is 1. The van der Waals surface area contributed by atoms with Crippen molar-refractivity contribution in [3.8, 4) is 11.5 Å². The lowest BCUT2D eigenvalue weighted by Crippen LogP contribution is -2.34. The lowest BCUT2D eigenvalue weighted by Gasteiger charge is -2.17. The summed E-state index contributed by atoms with van der Waals surface area (Å²) in [5, 5.41) is 9.00. The van der Waals surface area contributed by atoms with Gasteiger partial charge in [0.25, 0.3) is 11.9 Å². The molecule has 0 radical (unpaired) electrons. The van der Waals surface area contributed by atoms with Crippen molar-refractivity contribution in [1.82, 2.24) is 9.88 Å². The monoisotopic (exact) mass is 346 g/mol. The molecule has 6 nitrogen and oxygen atoms in total. The Hall–Kier alpha value is -2.67. The largest absolute Gasteiger partial charge is 0.484 e. The number of aliphatic hydroxyl groups excluding tert-OH is 1. The molecule has 0 spiro atoms. The maximum Gasteiger partial charge on any atom is 0.260 e. The van der Waals surface area contributed by atoms with Crippen LogP contribution in [0.2, 0.25) is 0 Å². The van der Waals surface area contributed by atoms with Crippen molar-refractivity contribution in [2.24, 2.45) is 0 Å². The van der Waals surface area contributed by atoms with Crippen LogP contribution in [0.25, 0.3) is 0 Å². The number of likely N-dealkylation sites (tertiary alicyclic amines) is 1. The number of aromatic nitrogens is 1. The van der Waals surface area contributed by atoms with Crippen LogP contribution in [0.5, 0.6) is 11.5 Å². The van der Waals surface area contributed by atoms with Crippen LogP contribution in [0.3, 0.4) is 0 Å². The minimum atomic E-state index is -0.651. The molecule has 1 aromatic heterocycles. The molecular formula is C18H19FN2O4. The van der Waals surface area contributed by atoms with E-state index in [4.69, 9.17) is 14.6 Å². The van der Waals surface area contributed by atoms with Crippen molar-refractivity contribution < 1.29 is 23.8 Å². The standard InChI is InChI=1S/C18H19FN2O4/c19-18-16(2-1-8-20-18)25-15-7-9-21(10-15)17(23)12-24-14-5-3-13(11-22)4-6-14/h1-6,8,15,22H,7,9-12H2. The van der Waals surface area contributed by atoms with Gasteiger partial charge in [-0.05, 0) is 29.8 Å². The van der Waals surface area contributed by atoms with Crippen LogP contribution in [-0.2, 0) is 11.4 Å². The number of carbonyl (C=O) groups is 1. The Morgan fingerprint density at radius 1 is 1.32 bits per heavy atom. The zero-order chi connectivity index (χ0) is 17.6. The second-order valence-electron chi connectivity index (χ2n) is 5.75. The third-order valence-electron chi connectivity index (χ3n) is 3.98. The van der Waals surface area contributed by atoms with Crippen molar-refractivity contribution in [1.29, 1.82) is 0 Å². The number of carbonyl (C=O) groups excluding carboxylic acids is 1. The maximum atomic E-state index is 13.5. The van der Waals surface area contributed by atoms with E-state index in [2.05, 4.69) is 4.98 Å². The third-order valence-corrected chi connectivity index (χ3v) is 3.98. The lowest BCUT2D eigenvalue weighted by molar-refractivity contribution is -0.132. The fraction of sp³-hybridized carbons (Fsp3) is 0.333. The smallest absolute Gasteiger partial charge is 0.260 e. The van der Waals surface area contributed by atoms with Gasteiger partial charge in [0, 0.05) is 19.2 Å². The molecule has 1 N–H and O–H groups in total. The fourth-order valence-corrected chi connectivity index (χ4v) is 2.62. The average Bonchev–Trinajstić information content (AvgIpc) is 3.11. The van der Waals surface area contributed by atoms with Gasteiger partial charge < -0.3 is 19.5 Å². The number of ether oxygens (including phenoxy) is 2. The number of amides is 1. The van der Waals surface area contributed by atoms with E-state index in [9.17, 15) is 9.18 Å². The predicted octanol–water partition coefficient (Wildman–Crippen LogP) is 1.77. The molecular weight excluding hydrogens is 327 g/mol. The van der Waals surface area contributed by atoms with E-state index in [1.54, 1.807) is 35.2 Å². The van der Waals surface area contributed by atoms with Crippen molar-refractivity contribution in [2.45, 2.75) is 19.1 Å². The average molecular weight is 346 g/mol. The number of hydrogen-bond acceptors (Lipinski definition) is 5. The normalized spacial score (nSPS) is 16.7. The van der Waals surface area contributed by atoms with Gasteiger partial charge in [0.15, 0.2) is 12.4 Å². The van der Waals surface area contributed by atoms with Gasteiger partial charge in [-0.3, -0.25) is 4.79 Å². The fourth-order valence-electron chi connectivity index (χ4n) is 2.62. The molecule has 1 saturated heterocycles. The molecule has 0 bridgehead atoms. The minimum Gasteiger partial charge on any atom is -0.484 e. The van der Waals surface area contributed by atoms with Gasteiger partial charge in [0.05, 0.1) is 13.2 Å². The number of halogens is 1. The van der Waals surface area contributed by atoms with Gasteiger partial charge in [-0.2, -0.15) is 4.39 Å². The Balaban J connectivity index is 1.48. The molecule has 3 rings (SSSR count). The Morgan fingerprint density at radius 3 is 2.84 bits per heavy atom. The first-order chi connectivity index (χ1) is 12.2. The molecule has 1 atom stereocenters. The molecule has 1 unspecified atom stereocenters. The van der Waals surface area contributed by atoms with Crippen molar-refractivity contribution >= 4 is 5.91 Å². The minimum absolute atomic E-state index is 0.0358. The number of rotatable bonds is 6. The first-order valence-corrected chi connectivity index (χ1v) is 8.03. The van der Waals surface area contributed by atoms with Gasteiger partial charge in [0.2, 0.25) is 0 Å². The first-order valence-electron chi connectivity index (χ1n) is 8.03. The Labute approximate surface area is 144 Å². The maximum absolute atomic E-state index is 13.5. The summed E-state index contributed by atoms with van der Waals surface area (Å²) in [6, 6.07) is 10.0. The highest BCUT2D eigenvalue weighted by atomic mass is 19.1. The van der Waals surface area contributed by atoms with Crippen LogP contribution in [0.4, 0.5) is 4.39 Å². The van der Waals surface area contributed by atoms with Gasteiger partial charge in [-0.25, -0.2) is 4.98 Å². The summed E-state index contributed by atoms with van der Waals surface area (Å²) in [5.41, 5.74) is 0.779. The van der Waals surface area contributed by atoms with E-state index in [1.807, 2.05) is 0 Å². The highest BCUT2D eigenvalue weighted by molar-refractivity contribution is 5.78. The molecule has 2 heterocycles. The molecule has 0 saturated carbocycles. The van der Waals surface area contributed by atoms with Gasteiger partial charge in [-0.15, -0.1) is 0 Å². The van der Waals surface area contributed by atoms with Crippen LogP contribution in [0.15, 0.2) is 42.6 Å². The zero-order valence-electron chi connectivity index (χ0n) is 13.6. The molecule has 132 valence electrons. The van der Waals surface area contributed by atoms with Gasteiger partial charge >= 0.3 is 0 Å². The SMILES string of the molecule is O=C(COc1ccc(CO)cc1)N1CCC(Oc2cccnc2F)C1. The summed E-state index contributed by atoms with van der Waals surface area (Å²) in [5.74, 6) is -0.136.